The molecule has 5 heteroatoms. The molecule has 1 amide bonds. The average molecular weight is 199 g/mol. The fourth-order valence-corrected chi connectivity index (χ4v) is 2.15. The highest BCUT2D eigenvalue weighted by Gasteiger charge is 2.30. The molecule has 2 heterocycles. The fourth-order valence-electron chi connectivity index (χ4n) is 2.15. The van der Waals surface area contributed by atoms with Gasteiger partial charge in [-0.05, 0) is 0 Å². The molecule has 0 aliphatic carbocycles. The van der Waals surface area contributed by atoms with Gasteiger partial charge in [-0.15, -0.1) is 0 Å². The summed E-state index contributed by atoms with van der Waals surface area (Å²) in [7, 11) is 0. The maximum absolute atomic E-state index is 11.0. The first-order valence-electron chi connectivity index (χ1n) is 5.14. The van der Waals surface area contributed by atoms with Crippen LogP contribution in [0.5, 0.6) is 0 Å². The molecule has 3 N–H and O–H groups in total. The molecule has 2 fully saturated rings. The van der Waals surface area contributed by atoms with Crippen molar-refractivity contribution >= 4 is 5.91 Å². The molecule has 0 saturated carbocycles. The zero-order valence-corrected chi connectivity index (χ0v) is 8.20. The van der Waals surface area contributed by atoms with Crippen LogP contribution in [0.1, 0.15) is 6.42 Å². The molecule has 0 aromatic rings. The highest BCUT2D eigenvalue weighted by Crippen LogP contribution is 2.11. The number of piperazine rings is 1. The zero-order chi connectivity index (χ0) is 9.97. The lowest BCUT2D eigenvalue weighted by molar-refractivity contribution is -0.119. The predicted molar refractivity (Wildman–Crippen MR) is 51.9 cm³/mol. The van der Waals surface area contributed by atoms with Crippen LogP contribution in [0.25, 0.3) is 0 Å². The fraction of sp³-hybridized carbons (Fsp3) is 0.889. The van der Waals surface area contributed by atoms with E-state index in [1.165, 1.54) is 0 Å². The third-order valence-corrected chi connectivity index (χ3v) is 2.98. The normalized spacial score (nSPS) is 34.5. The number of carbonyl (C=O) groups excluding carboxylic acids is 1. The van der Waals surface area contributed by atoms with E-state index < -0.39 is 0 Å². The Bertz CT molecular complexity index is 222. The van der Waals surface area contributed by atoms with Gasteiger partial charge < -0.3 is 15.7 Å². The Morgan fingerprint density at radius 1 is 1.57 bits per heavy atom. The van der Waals surface area contributed by atoms with Crippen molar-refractivity contribution in [2.75, 3.05) is 32.8 Å². The number of hydrogen-bond donors (Lipinski definition) is 3. The molecule has 2 aliphatic rings. The zero-order valence-electron chi connectivity index (χ0n) is 8.20. The standard InChI is InChI=1S/C9H17N3O2/c13-6-7-5-12(2-1-10-7)8-3-9(14)11-4-8/h7-8,10,13H,1-6H2,(H,11,14)/t7-,8?/m1/s1. The molecule has 14 heavy (non-hydrogen) atoms. The average Bonchev–Trinajstić information content (AvgIpc) is 2.65. The molecule has 1 unspecified atom stereocenters. The van der Waals surface area contributed by atoms with Gasteiger partial charge in [0.2, 0.25) is 5.91 Å². The van der Waals surface area contributed by atoms with Gasteiger partial charge in [0.25, 0.3) is 0 Å². The van der Waals surface area contributed by atoms with Crippen LogP contribution in [-0.2, 0) is 4.79 Å². The molecular formula is C9H17N3O2. The van der Waals surface area contributed by atoms with Gasteiger partial charge in [-0.3, -0.25) is 9.69 Å². The van der Waals surface area contributed by atoms with Crippen LogP contribution in [0.4, 0.5) is 0 Å². The highest BCUT2D eigenvalue weighted by molar-refractivity contribution is 5.78. The molecule has 0 aromatic carbocycles. The van der Waals surface area contributed by atoms with E-state index in [1.807, 2.05) is 0 Å². The van der Waals surface area contributed by atoms with Crippen molar-refractivity contribution in [2.24, 2.45) is 0 Å². The molecule has 0 aromatic heterocycles. The maximum atomic E-state index is 11.0. The van der Waals surface area contributed by atoms with E-state index in [4.69, 9.17) is 5.11 Å². The Kier molecular flexibility index (Phi) is 3.00. The third kappa shape index (κ3) is 2.05. The quantitative estimate of drug-likeness (QED) is 0.488. The lowest BCUT2D eigenvalue weighted by Gasteiger charge is -2.36. The molecule has 2 rings (SSSR count). The molecule has 80 valence electrons. The lowest BCUT2D eigenvalue weighted by atomic mass is 10.1. The second-order valence-corrected chi connectivity index (χ2v) is 3.99. The summed E-state index contributed by atoms with van der Waals surface area (Å²) >= 11 is 0. The van der Waals surface area contributed by atoms with Gasteiger partial charge in [0.1, 0.15) is 0 Å². The summed E-state index contributed by atoms with van der Waals surface area (Å²) in [6.45, 7) is 3.64. The van der Waals surface area contributed by atoms with Gasteiger partial charge in [0.15, 0.2) is 0 Å². The molecule has 0 bridgehead atoms. The number of amides is 1. The van der Waals surface area contributed by atoms with Gasteiger partial charge in [0, 0.05) is 44.7 Å². The van der Waals surface area contributed by atoms with Crippen molar-refractivity contribution in [1.29, 1.82) is 0 Å². The van der Waals surface area contributed by atoms with Crippen LogP contribution in [0.3, 0.4) is 0 Å². The first-order valence-corrected chi connectivity index (χ1v) is 5.14. The van der Waals surface area contributed by atoms with Crippen molar-refractivity contribution < 1.29 is 9.90 Å². The number of nitrogens with one attached hydrogen (secondary N) is 2. The summed E-state index contributed by atoms with van der Waals surface area (Å²) in [6, 6.07) is 0.498. The van der Waals surface area contributed by atoms with Crippen LogP contribution in [0.15, 0.2) is 0 Å². The predicted octanol–water partition coefficient (Wildman–Crippen LogP) is -1.86. The van der Waals surface area contributed by atoms with Crippen molar-refractivity contribution in [3.63, 3.8) is 0 Å². The van der Waals surface area contributed by atoms with Gasteiger partial charge in [0.05, 0.1) is 6.61 Å². The van der Waals surface area contributed by atoms with Gasteiger partial charge >= 0.3 is 0 Å². The largest absolute Gasteiger partial charge is 0.395 e. The highest BCUT2D eigenvalue weighted by atomic mass is 16.3. The Balaban J connectivity index is 1.87. The summed E-state index contributed by atoms with van der Waals surface area (Å²) < 4.78 is 0. The van der Waals surface area contributed by atoms with E-state index in [0.29, 0.717) is 12.5 Å². The second-order valence-electron chi connectivity index (χ2n) is 3.99. The van der Waals surface area contributed by atoms with Crippen LogP contribution in [-0.4, -0.2) is 60.8 Å². The molecule has 5 nitrogen and oxygen atoms in total. The molecule has 0 radical (unpaired) electrons. The Hall–Kier alpha value is -0.650. The monoisotopic (exact) mass is 199 g/mol. The summed E-state index contributed by atoms with van der Waals surface area (Å²) in [5, 5.41) is 15.1. The van der Waals surface area contributed by atoms with Crippen LogP contribution in [0, 0.1) is 0 Å². The van der Waals surface area contributed by atoms with Gasteiger partial charge in [-0.2, -0.15) is 0 Å². The minimum Gasteiger partial charge on any atom is -0.395 e. The summed E-state index contributed by atoms with van der Waals surface area (Å²) in [6.07, 6.45) is 0.609. The second kappa shape index (κ2) is 4.25. The summed E-state index contributed by atoms with van der Waals surface area (Å²) in [5.41, 5.74) is 0. The SMILES string of the molecule is O=C1CC(N2CCN[C@@H](CO)C2)CN1. The van der Waals surface area contributed by atoms with E-state index >= 15 is 0 Å². The third-order valence-electron chi connectivity index (χ3n) is 2.98. The molecule has 2 saturated heterocycles. The number of nitrogens with zero attached hydrogens (tertiary/aromatic N) is 1. The minimum atomic E-state index is 0.147. The van der Waals surface area contributed by atoms with Gasteiger partial charge in [-0.25, -0.2) is 0 Å². The van der Waals surface area contributed by atoms with E-state index in [-0.39, 0.29) is 18.6 Å². The molecule has 2 atom stereocenters. The molecule has 0 spiro atoms. The smallest absolute Gasteiger partial charge is 0.221 e. The first kappa shape index (κ1) is 9.89. The number of hydrogen-bond acceptors (Lipinski definition) is 4. The molecular weight excluding hydrogens is 182 g/mol. The van der Waals surface area contributed by atoms with Crippen LogP contribution < -0.4 is 10.6 Å². The first-order chi connectivity index (χ1) is 6.79. The molecule has 2 aliphatic heterocycles. The number of aliphatic hydroxyl groups is 1. The van der Waals surface area contributed by atoms with Crippen molar-refractivity contribution in [2.45, 2.75) is 18.5 Å². The van der Waals surface area contributed by atoms with Crippen LogP contribution >= 0.6 is 0 Å². The number of rotatable bonds is 2. The summed E-state index contributed by atoms with van der Waals surface area (Å²) in [5.74, 6) is 0.147. The Labute approximate surface area is 83.5 Å². The Morgan fingerprint density at radius 3 is 3.07 bits per heavy atom. The van der Waals surface area contributed by atoms with E-state index in [2.05, 4.69) is 15.5 Å². The maximum Gasteiger partial charge on any atom is 0.221 e. The number of aliphatic hydroxyl groups excluding tert-OH is 1. The van der Waals surface area contributed by atoms with Crippen molar-refractivity contribution in [3.05, 3.63) is 0 Å². The number of carbonyl (C=O) groups is 1. The minimum absolute atomic E-state index is 0.147. The van der Waals surface area contributed by atoms with Crippen molar-refractivity contribution in [3.8, 4) is 0 Å². The van der Waals surface area contributed by atoms with Gasteiger partial charge in [-0.1, -0.05) is 0 Å². The van der Waals surface area contributed by atoms with Crippen LogP contribution in [0.2, 0.25) is 0 Å². The summed E-state index contributed by atoms with van der Waals surface area (Å²) in [4.78, 5) is 13.3. The van der Waals surface area contributed by atoms with E-state index in [9.17, 15) is 4.79 Å². The van der Waals surface area contributed by atoms with E-state index in [1.54, 1.807) is 0 Å². The van der Waals surface area contributed by atoms with Crippen molar-refractivity contribution in [1.82, 2.24) is 15.5 Å². The topological polar surface area (TPSA) is 64.6 Å². The van der Waals surface area contributed by atoms with E-state index in [0.717, 1.165) is 26.2 Å². The lowest BCUT2D eigenvalue weighted by Crippen LogP contribution is -2.55. The Morgan fingerprint density at radius 2 is 2.43 bits per heavy atom.